The van der Waals surface area contributed by atoms with Gasteiger partial charge in [-0.2, -0.15) is 0 Å². The molecule has 0 unspecified atom stereocenters. The van der Waals surface area contributed by atoms with Gasteiger partial charge >= 0.3 is 0 Å². The summed E-state index contributed by atoms with van der Waals surface area (Å²) in [6.45, 7) is 2.23. The molecule has 0 N–H and O–H groups in total. The smallest absolute Gasteiger partial charge is 0.0580 e. The van der Waals surface area contributed by atoms with Crippen molar-refractivity contribution in [3.63, 3.8) is 0 Å². The van der Waals surface area contributed by atoms with Gasteiger partial charge in [0.2, 0.25) is 0 Å². The van der Waals surface area contributed by atoms with E-state index in [2.05, 4.69) is 228 Å². The lowest BCUT2D eigenvalue weighted by Crippen LogP contribution is -2.10. The quantitative estimate of drug-likeness (QED) is 0.148. The highest BCUT2D eigenvalue weighted by Crippen LogP contribution is 2.46. The Hall–Kier alpha value is -7.29. The van der Waals surface area contributed by atoms with Gasteiger partial charge in [0.05, 0.1) is 11.2 Å². The minimum absolute atomic E-state index is 0.873. The second-order valence-electron chi connectivity index (χ2n) is 15.8. The lowest BCUT2D eigenvalue weighted by atomic mass is 9.96. The molecule has 1 aromatic heterocycles. The van der Waals surface area contributed by atoms with Gasteiger partial charge in [-0.1, -0.05) is 151 Å². The Kier molecular flexibility index (Phi) is 9.47. The third-order valence-electron chi connectivity index (χ3n) is 12.2. The Labute approximate surface area is 362 Å². The molecule has 0 saturated heterocycles. The largest absolute Gasteiger partial charge is 0.311 e. The average molecular weight is 799 g/mol. The predicted molar refractivity (Wildman–Crippen MR) is 258 cm³/mol. The van der Waals surface area contributed by atoms with Gasteiger partial charge in [0.25, 0.3) is 0 Å². The highest BCUT2D eigenvalue weighted by Gasteiger charge is 2.22. The maximum Gasteiger partial charge on any atom is 0.0580 e. The zero-order chi connectivity index (χ0) is 40.7. The van der Waals surface area contributed by atoms with E-state index in [1.165, 1.54) is 82.0 Å². The van der Waals surface area contributed by atoms with Crippen LogP contribution in [-0.2, 0) is 12.8 Å². The number of benzene rings is 8. The Morgan fingerprint density at radius 1 is 0.557 bits per heavy atom. The molecule has 0 fully saturated rings. The zero-order valence-corrected chi connectivity index (χ0v) is 34.7. The monoisotopic (exact) mass is 798 g/mol. The van der Waals surface area contributed by atoms with Crippen molar-refractivity contribution in [2.24, 2.45) is 0 Å². The maximum absolute atomic E-state index is 3.38. The van der Waals surface area contributed by atoms with Crippen LogP contribution in [0.25, 0.3) is 56.0 Å². The molecule has 1 aliphatic heterocycles. The fourth-order valence-corrected chi connectivity index (χ4v) is 10.3. The molecule has 8 aromatic carbocycles. The number of aromatic nitrogens is 1. The highest BCUT2D eigenvalue weighted by molar-refractivity contribution is 7.99. The molecular formula is C58H42N2S. The molecule has 0 atom stereocenters. The van der Waals surface area contributed by atoms with Crippen LogP contribution in [0, 0.1) is 6.92 Å². The Morgan fingerprint density at radius 2 is 1.18 bits per heavy atom. The van der Waals surface area contributed by atoms with Crippen molar-refractivity contribution >= 4 is 45.8 Å². The Morgan fingerprint density at radius 3 is 1.90 bits per heavy atom. The van der Waals surface area contributed by atoms with Gasteiger partial charge in [0.15, 0.2) is 0 Å². The van der Waals surface area contributed by atoms with Gasteiger partial charge in [0.1, 0.15) is 0 Å². The van der Waals surface area contributed by atoms with Gasteiger partial charge in [-0.05, 0) is 142 Å². The first-order valence-corrected chi connectivity index (χ1v) is 21.8. The molecule has 0 bridgehead atoms. The van der Waals surface area contributed by atoms with E-state index in [-0.39, 0.29) is 0 Å². The van der Waals surface area contributed by atoms with Crippen LogP contribution in [0.3, 0.4) is 0 Å². The fraction of sp³-hybridized carbons (Fsp3) is 0.0517. The van der Waals surface area contributed by atoms with Crippen molar-refractivity contribution in [2.45, 2.75) is 29.6 Å². The van der Waals surface area contributed by atoms with Crippen molar-refractivity contribution in [3.05, 3.63) is 240 Å². The van der Waals surface area contributed by atoms with Crippen LogP contribution >= 0.6 is 11.8 Å². The van der Waals surface area contributed by atoms with E-state index >= 15 is 0 Å². The molecule has 0 radical (unpaired) electrons. The van der Waals surface area contributed by atoms with Gasteiger partial charge in [-0.3, -0.25) is 0 Å². The molecular weight excluding hydrogens is 757 g/mol. The molecule has 0 saturated carbocycles. The highest BCUT2D eigenvalue weighted by atomic mass is 32.2. The molecule has 290 valence electrons. The van der Waals surface area contributed by atoms with Crippen molar-refractivity contribution in [1.82, 2.24) is 4.57 Å². The summed E-state index contributed by atoms with van der Waals surface area (Å²) >= 11 is 1.91. The lowest BCUT2D eigenvalue weighted by molar-refractivity contribution is 1.03. The van der Waals surface area contributed by atoms with E-state index in [1.54, 1.807) is 0 Å². The van der Waals surface area contributed by atoms with Crippen LogP contribution in [0.1, 0.15) is 27.9 Å². The fourth-order valence-electron chi connectivity index (χ4n) is 9.06. The molecule has 0 spiro atoms. The SMILES string of the molecule is Cc1cccc2c1Cc1cccc(-c3ccc(N(c4ccc(-c5ccccc5)cc4)c4ccc(-c5ccc6c7c(n(-c8ccccc8)c6c5)C=C=C/C=C\C7)cc4)cc3)c1S2. The van der Waals surface area contributed by atoms with Crippen LogP contribution in [0.2, 0.25) is 0 Å². The summed E-state index contributed by atoms with van der Waals surface area (Å²) in [5.41, 5.74) is 23.0. The predicted octanol–water partition coefficient (Wildman–Crippen LogP) is 15.7. The van der Waals surface area contributed by atoms with E-state index in [9.17, 15) is 0 Å². The van der Waals surface area contributed by atoms with Crippen LogP contribution in [-0.4, -0.2) is 4.57 Å². The second-order valence-corrected chi connectivity index (χ2v) is 16.9. The van der Waals surface area contributed by atoms with Crippen LogP contribution < -0.4 is 4.90 Å². The molecule has 2 heterocycles. The van der Waals surface area contributed by atoms with Crippen LogP contribution in [0.5, 0.6) is 0 Å². The number of para-hydroxylation sites is 1. The van der Waals surface area contributed by atoms with E-state index in [1.807, 2.05) is 17.8 Å². The molecule has 2 nitrogen and oxygen atoms in total. The standard InChI is InChI=1S/C58H42N2S/c1-40-14-12-23-57-54(40)38-46-17-13-21-51(58(46)61-57)44-28-35-50(36-29-44)59(48-31-24-42(25-32-48)41-15-6-4-7-16-41)49-33-26-43(27-34-49)45-30-37-53-52-20-10-2-3-11-22-55(52)60(56(53)39-45)47-18-8-5-9-19-47/h2-10,12-19,21-37,39H,20,38H2,1H3/b10-2-. The van der Waals surface area contributed by atoms with Crippen molar-refractivity contribution < 1.29 is 0 Å². The first-order valence-electron chi connectivity index (χ1n) is 21.0. The van der Waals surface area contributed by atoms with Crippen LogP contribution in [0.15, 0.2) is 222 Å². The number of nitrogens with zero attached hydrogens (tertiary/aromatic N) is 2. The summed E-state index contributed by atoms with van der Waals surface area (Å²) in [6.07, 6.45) is 10.3. The Balaban J connectivity index is 0.970. The minimum atomic E-state index is 0.873. The topological polar surface area (TPSA) is 8.17 Å². The average Bonchev–Trinajstić information content (AvgIpc) is 3.60. The van der Waals surface area contributed by atoms with Crippen molar-refractivity contribution in [3.8, 4) is 39.1 Å². The zero-order valence-electron chi connectivity index (χ0n) is 33.9. The summed E-state index contributed by atoms with van der Waals surface area (Å²) in [4.78, 5) is 5.10. The molecule has 2 aliphatic rings. The first-order chi connectivity index (χ1) is 30.2. The number of rotatable bonds is 7. The minimum Gasteiger partial charge on any atom is -0.311 e. The van der Waals surface area contributed by atoms with Gasteiger partial charge in [-0.25, -0.2) is 0 Å². The number of hydrogen-bond donors (Lipinski definition) is 0. The van der Waals surface area contributed by atoms with Gasteiger partial charge in [0, 0.05) is 44.0 Å². The molecule has 11 rings (SSSR count). The first kappa shape index (κ1) is 36.8. The lowest BCUT2D eigenvalue weighted by Gasteiger charge is -2.27. The number of aryl methyl sites for hydroxylation is 1. The summed E-state index contributed by atoms with van der Waals surface area (Å²) < 4.78 is 2.39. The van der Waals surface area contributed by atoms with E-state index in [0.717, 1.165) is 35.6 Å². The molecule has 61 heavy (non-hydrogen) atoms. The van der Waals surface area contributed by atoms with Gasteiger partial charge < -0.3 is 9.47 Å². The van der Waals surface area contributed by atoms with Crippen LogP contribution in [0.4, 0.5) is 17.1 Å². The van der Waals surface area contributed by atoms with E-state index in [0.29, 0.717) is 0 Å². The second kappa shape index (κ2) is 15.7. The van der Waals surface area contributed by atoms with Crippen molar-refractivity contribution in [1.29, 1.82) is 0 Å². The maximum atomic E-state index is 3.38. The normalized spacial score (nSPS) is 13.2. The van der Waals surface area contributed by atoms with Crippen molar-refractivity contribution in [2.75, 3.05) is 4.90 Å². The summed E-state index contributed by atoms with van der Waals surface area (Å²) in [6, 6.07) is 68.8. The van der Waals surface area contributed by atoms with E-state index in [4.69, 9.17) is 0 Å². The number of allylic oxidation sites excluding steroid dienone is 3. The number of hydrogen-bond acceptors (Lipinski definition) is 2. The molecule has 1 aliphatic carbocycles. The summed E-state index contributed by atoms with van der Waals surface area (Å²) in [5, 5.41) is 1.27. The van der Waals surface area contributed by atoms with E-state index < -0.39 is 0 Å². The molecule has 3 heteroatoms. The van der Waals surface area contributed by atoms with Gasteiger partial charge in [-0.15, -0.1) is 5.73 Å². The number of anilines is 3. The Bertz CT molecular complexity index is 3170. The third-order valence-corrected chi connectivity index (χ3v) is 13.5. The molecule has 9 aromatic rings. The summed E-state index contributed by atoms with van der Waals surface area (Å²) in [5.74, 6) is 0. The third kappa shape index (κ3) is 6.85. The number of fused-ring (bicyclic) bond motifs is 5. The summed E-state index contributed by atoms with van der Waals surface area (Å²) in [7, 11) is 0. The molecule has 0 amide bonds.